The van der Waals surface area contributed by atoms with Crippen LogP contribution in [0.15, 0.2) is 24.3 Å². The molecule has 3 heteroatoms. The van der Waals surface area contributed by atoms with E-state index in [-0.39, 0.29) is 18.0 Å². The average molecular weight is 403 g/mol. The molecule has 0 saturated heterocycles. The molecule has 1 fully saturated rings. The van der Waals surface area contributed by atoms with E-state index in [0.29, 0.717) is 0 Å². The molecule has 0 spiro atoms. The lowest BCUT2D eigenvalue weighted by Gasteiger charge is -2.28. The number of unbranched alkanes of at least 4 members (excludes halogenated alkanes) is 4. The zero-order valence-electron chi connectivity index (χ0n) is 19.0. The Kier molecular flexibility index (Phi) is 11.2. The van der Waals surface area contributed by atoms with Crippen molar-refractivity contribution in [3.05, 3.63) is 29.8 Å². The predicted molar refractivity (Wildman–Crippen MR) is 120 cm³/mol. The number of hydrogen-bond acceptors (Lipinski definition) is 3. The number of ether oxygens (including phenoxy) is 2. The van der Waals surface area contributed by atoms with Crippen LogP contribution in [0.25, 0.3) is 0 Å². The minimum atomic E-state index is -0.154. The fraction of sp³-hybridized carbons (Fsp3) is 0.731. The van der Waals surface area contributed by atoms with Crippen LogP contribution in [0.3, 0.4) is 0 Å². The van der Waals surface area contributed by atoms with Gasteiger partial charge in [0.25, 0.3) is 0 Å². The first-order chi connectivity index (χ1) is 14.2. The van der Waals surface area contributed by atoms with E-state index in [1.807, 2.05) is 24.3 Å². The van der Waals surface area contributed by atoms with Gasteiger partial charge in [-0.05, 0) is 62.1 Å². The van der Waals surface area contributed by atoms with Crippen LogP contribution in [0.2, 0.25) is 0 Å². The Bertz CT molecular complexity index is 558. The number of carbonyl (C=O) groups is 1. The van der Waals surface area contributed by atoms with E-state index in [1.54, 1.807) is 0 Å². The zero-order chi connectivity index (χ0) is 20.9. The van der Waals surface area contributed by atoms with Gasteiger partial charge in [0.2, 0.25) is 0 Å². The minimum absolute atomic E-state index is 0.00422. The molecule has 0 amide bonds. The fourth-order valence-electron chi connectivity index (χ4n) is 4.28. The number of hydrogen-bond donors (Lipinski definition) is 0. The van der Waals surface area contributed by atoms with Crippen LogP contribution < -0.4 is 4.74 Å². The van der Waals surface area contributed by atoms with Gasteiger partial charge in [0.15, 0.2) is 0 Å². The maximum atomic E-state index is 12.7. The van der Waals surface area contributed by atoms with E-state index in [2.05, 4.69) is 20.8 Å². The largest absolute Gasteiger partial charge is 0.494 e. The number of benzene rings is 1. The van der Waals surface area contributed by atoms with Crippen molar-refractivity contribution < 1.29 is 14.3 Å². The molecule has 0 N–H and O–H groups in total. The molecule has 29 heavy (non-hydrogen) atoms. The van der Waals surface area contributed by atoms with Crippen molar-refractivity contribution in [3.63, 3.8) is 0 Å². The first-order valence-corrected chi connectivity index (χ1v) is 12.1. The zero-order valence-corrected chi connectivity index (χ0v) is 19.0. The monoisotopic (exact) mass is 402 g/mol. The Hall–Kier alpha value is -1.51. The van der Waals surface area contributed by atoms with E-state index in [9.17, 15) is 4.79 Å². The Morgan fingerprint density at radius 1 is 0.931 bits per heavy atom. The molecule has 1 aliphatic rings. The number of carbonyl (C=O) groups excluding carboxylic acids is 1. The highest BCUT2D eigenvalue weighted by Crippen LogP contribution is 2.34. The second-order valence-corrected chi connectivity index (χ2v) is 8.67. The summed E-state index contributed by atoms with van der Waals surface area (Å²) in [6.45, 7) is 7.25. The molecule has 3 nitrogen and oxygen atoms in total. The molecule has 1 unspecified atom stereocenters. The van der Waals surface area contributed by atoms with Gasteiger partial charge in [0, 0.05) is 0 Å². The lowest BCUT2D eigenvalue weighted by Crippen LogP contribution is -2.25. The number of esters is 1. The molecule has 2 rings (SSSR count). The van der Waals surface area contributed by atoms with Crippen molar-refractivity contribution in [1.82, 2.24) is 0 Å². The highest BCUT2D eigenvalue weighted by Gasteiger charge is 2.29. The second kappa shape index (κ2) is 13.7. The van der Waals surface area contributed by atoms with E-state index < -0.39 is 0 Å². The van der Waals surface area contributed by atoms with Gasteiger partial charge in [0.1, 0.15) is 11.9 Å². The molecule has 1 aromatic rings. The summed E-state index contributed by atoms with van der Waals surface area (Å²) in [6.07, 6.45) is 13.9. The third kappa shape index (κ3) is 8.40. The lowest BCUT2D eigenvalue weighted by atomic mass is 9.79. The maximum Gasteiger partial charge on any atom is 0.309 e. The molecule has 164 valence electrons. The molecular weight excluding hydrogens is 360 g/mol. The van der Waals surface area contributed by atoms with Crippen LogP contribution in [-0.4, -0.2) is 12.6 Å². The van der Waals surface area contributed by atoms with E-state index >= 15 is 0 Å². The summed E-state index contributed by atoms with van der Waals surface area (Å²) < 4.78 is 11.7. The summed E-state index contributed by atoms with van der Waals surface area (Å²) in [5, 5.41) is 0. The normalized spacial score (nSPS) is 20.2. The summed E-state index contributed by atoms with van der Waals surface area (Å²) in [7, 11) is 0. The quantitative estimate of drug-likeness (QED) is 0.251. The van der Waals surface area contributed by atoms with Crippen LogP contribution in [-0.2, 0) is 9.53 Å². The Morgan fingerprint density at radius 2 is 1.62 bits per heavy atom. The molecule has 0 bridgehead atoms. The van der Waals surface area contributed by atoms with Gasteiger partial charge >= 0.3 is 5.97 Å². The third-order valence-electron chi connectivity index (χ3n) is 6.29. The highest BCUT2D eigenvalue weighted by molar-refractivity contribution is 5.72. The topological polar surface area (TPSA) is 35.5 Å². The van der Waals surface area contributed by atoms with Crippen molar-refractivity contribution in [3.8, 4) is 5.75 Å². The molecular formula is C26H42O3. The van der Waals surface area contributed by atoms with Gasteiger partial charge < -0.3 is 9.47 Å². The smallest absolute Gasteiger partial charge is 0.309 e. The van der Waals surface area contributed by atoms with E-state index in [0.717, 1.165) is 55.9 Å². The van der Waals surface area contributed by atoms with Crippen molar-refractivity contribution >= 4 is 5.97 Å². The average Bonchev–Trinajstić information content (AvgIpc) is 2.76. The van der Waals surface area contributed by atoms with E-state index in [1.165, 1.54) is 44.9 Å². The van der Waals surface area contributed by atoms with Crippen molar-refractivity contribution in [2.75, 3.05) is 6.61 Å². The number of rotatable bonds is 13. The molecule has 0 aromatic heterocycles. The standard InChI is InChI=1S/C26H42O3/c1-4-7-9-10-11-21-12-14-23(15-13-21)26(27)29-25(6-3)22-16-18-24(19-17-22)28-20-8-5-2/h16-19,21,23,25H,4-15,20H2,1-3H3. The fourth-order valence-corrected chi connectivity index (χ4v) is 4.28. The van der Waals surface area contributed by atoms with Crippen molar-refractivity contribution in [1.29, 1.82) is 0 Å². The van der Waals surface area contributed by atoms with Gasteiger partial charge in [-0.25, -0.2) is 0 Å². The van der Waals surface area contributed by atoms with Crippen molar-refractivity contribution in [2.45, 2.75) is 104 Å². The van der Waals surface area contributed by atoms with E-state index in [4.69, 9.17) is 9.47 Å². The molecule has 0 radical (unpaired) electrons. The minimum Gasteiger partial charge on any atom is -0.494 e. The van der Waals surface area contributed by atoms with Crippen LogP contribution in [0.1, 0.15) is 109 Å². The summed E-state index contributed by atoms with van der Waals surface area (Å²) in [5.74, 6) is 1.80. The molecule has 1 atom stereocenters. The SMILES string of the molecule is CCCCCCC1CCC(C(=O)OC(CC)c2ccc(OCCCC)cc2)CC1. The second-order valence-electron chi connectivity index (χ2n) is 8.67. The van der Waals surface area contributed by atoms with Gasteiger partial charge in [-0.1, -0.05) is 71.4 Å². The van der Waals surface area contributed by atoms with Crippen LogP contribution in [0.5, 0.6) is 5.75 Å². The van der Waals surface area contributed by atoms with Gasteiger partial charge in [0.05, 0.1) is 12.5 Å². The molecule has 1 saturated carbocycles. The Balaban J connectivity index is 1.76. The van der Waals surface area contributed by atoms with Crippen LogP contribution in [0.4, 0.5) is 0 Å². The van der Waals surface area contributed by atoms with Crippen LogP contribution >= 0.6 is 0 Å². The lowest BCUT2D eigenvalue weighted by molar-refractivity contribution is -0.156. The molecule has 0 heterocycles. The predicted octanol–water partition coefficient (Wildman–Crippen LogP) is 7.64. The maximum absolute atomic E-state index is 12.7. The van der Waals surface area contributed by atoms with Crippen molar-refractivity contribution in [2.24, 2.45) is 11.8 Å². The van der Waals surface area contributed by atoms with Gasteiger partial charge in [-0.15, -0.1) is 0 Å². The first-order valence-electron chi connectivity index (χ1n) is 12.1. The summed E-state index contributed by atoms with van der Waals surface area (Å²) in [5.41, 5.74) is 1.06. The summed E-state index contributed by atoms with van der Waals surface area (Å²) >= 11 is 0. The van der Waals surface area contributed by atoms with Gasteiger partial charge in [-0.3, -0.25) is 4.79 Å². The summed E-state index contributed by atoms with van der Waals surface area (Å²) in [4.78, 5) is 12.7. The molecule has 0 aliphatic heterocycles. The molecule has 1 aromatic carbocycles. The first kappa shape index (κ1) is 23.8. The highest BCUT2D eigenvalue weighted by atomic mass is 16.5. The Labute approximate surface area is 178 Å². The summed E-state index contributed by atoms with van der Waals surface area (Å²) in [6, 6.07) is 8.06. The van der Waals surface area contributed by atoms with Gasteiger partial charge in [-0.2, -0.15) is 0 Å². The van der Waals surface area contributed by atoms with Crippen LogP contribution in [0, 0.1) is 11.8 Å². The molecule has 1 aliphatic carbocycles. The Morgan fingerprint density at radius 3 is 2.24 bits per heavy atom. The third-order valence-corrected chi connectivity index (χ3v) is 6.29.